The summed E-state index contributed by atoms with van der Waals surface area (Å²) in [6.07, 6.45) is 2.75. The van der Waals surface area contributed by atoms with Crippen LogP contribution in [0.4, 0.5) is 5.82 Å². The molecule has 0 amide bonds. The van der Waals surface area contributed by atoms with E-state index in [-0.39, 0.29) is 30.2 Å². The number of sulfonamides is 1. The minimum atomic E-state index is -3.76. The molecule has 0 aliphatic rings. The number of aromatic nitrogens is 1. The third kappa shape index (κ3) is 3.59. The molecule has 2 aromatic heterocycles. The molecule has 0 aliphatic heterocycles. The van der Waals surface area contributed by atoms with Gasteiger partial charge in [0.2, 0.25) is 10.0 Å². The van der Waals surface area contributed by atoms with Crippen LogP contribution in [-0.2, 0) is 16.6 Å². The molecule has 2 N–H and O–H groups in total. The van der Waals surface area contributed by atoms with Gasteiger partial charge in [0.15, 0.2) is 0 Å². The van der Waals surface area contributed by atoms with Crippen LogP contribution in [0.1, 0.15) is 12.2 Å². The van der Waals surface area contributed by atoms with Crippen molar-refractivity contribution < 1.29 is 12.8 Å². The Morgan fingerprint density at radius 2 is 2.19 bits per heavy atom. The van der Waals surface area contributed by atoms with E-state index in [2.05, 4.69) is 4.98 Å². The number of nitriles is 1. The van der Waals surface area contributed by atoms with Crippen molar-refractivity contribution >= 4 is 15.8 Å². The molecule has 0 fully saturated rings. The van der Waals surface area contributed by atoms with E-state index in [1.54, 1.807) is 12.1 Å². The second kappa shape index (κ2) is 6.39. The molecule has 21 heavy (non-hydrogen) atoms. The lowest BCUT2D eigenvalue weighted by Crippen LogP contribution is -2.31. The predicted octanol–water partition coefficient (Wildman–Crippen LogP) is 1.36. The van der Waals surface area contributed by atoms with Gasteiger partial charge in [0, 0.05) is 19.2 Å². The van der Waals surface area contributed by atoms with Crippen LogP contribution in [0.25, 0.3) is 0 Å². The van der Waals surface area contributed by atoms with Crippen LogP contribution < -0.4 is 5.73 Å². The Morgan fingerprint density at radius 1 is 1.38 bits per heavy atom. The molecule has 0 spiro atoms. The van der Waals surface area contributed by atoms with Gasteiger partial charge in [-0.2, -0.15) is 9.57 Å². The number of nitrogen functional groups attached to an aromatic ring is 1. The van der Waals surface area contributed by atoms with Crippen molar-refractivity contribution in [2.45, 2.75) is 17.9 Å². The van der Waals surface area contributed by atoms with E-state index in [9.17, 15) is 8.42 Å². The van der Waals surface area contributed by atoms with Gasteiger partial charge in [-0.1, -0.05) is 0 Å². The minimum absolute atomic E-state index is 0.0289. The van der Waals surface area contributed by atoms with Gasteiger partial charge in [0.25, 0.3) is 0 Å². The standard InChI is InChI=1S/C13H14N4O3S/c14-6-2-7-17(10-11-3-1-8-20-11)21(18,19)12-4-5-13(15)16-9-12/h1,3-5,8-9H,2,7,10H2,(H2,15,16). The maximum Gasteiger partial charge on any atom is 0.245 e. The van der Waals surface area contributed by atoms with Crippen molar-refractivity contribution in [1.82, 2.24) is 9.29 Å². The third-order valence-electron chi connectivity index (χ3n) is 2.78. The van der Waals surface area contributed by atoms with Crippen molar-refractivity contribution in [3.05, 3.63) is 42.5 Å². The molecule has 0 aliphatic carbocycles. The highest BCUT2D eigenvalue weighted by atomic mass is 32.2. The molecule has 110 valence electrons. The van der Waals surface area contributed by atoms with E-state index < -0.39 is 10.0 Å². The monoisotopic (exact) mass is 306 g/mol. The summed E-state index contributed by atoms with van der Waals surface area (Å²) < 4.78 is 31.5. The van der Waals surface area contributed by atoms with Crippen molar-refractivity contribution in [3.63, 3.8) is 0 Å². The topological polar surface area (TPSA) is 113 Å². The first-order valence-corrected chi connectivity index (χ1v) is 7.59. The van der Waals surface area contributed by atoms with Crippen LogP contribution in [-0.4, -0.2) is 24.3 Å². The van der Waals surface area contributed by atoms with E-state index in [1.807, 2.05) is 6.07 Å². The first-order valence-electron chi connectivity index (χ1n) is 6.15. The Kier molecular flexibility index (Phi) is 4.57. The molecule has 0 radical (unpaired) electrons. The lowest BCUT2D eigenvalue weighted by molar-refractivity contribution is 0.368. The van der Waals surface area contributed by atoms with Gasteiger partial charge in [-0.05, 0) is 24.3 Å². The molecule has 2 aromatic rings. The highest BCUT2D eigenvalue weighted by Crippen LogP contribution is 2.19. The summed E-state index contributed by atoms with van der Waals surface area (Å²) in [7, 11) is -3.76. The average molecular weight is 306 g/mol. The van der Waals surface area contributed by atoms with Crippen molar-refractivity contribution in [2.75, 3.05) is 12.3 Å². The van der Waals surface area contributed by atoms with Crippen molar-refractivity contribution in [3.8, 4) is 6.07 Å². The Labute approximate surface area is 122 Å². The summed E-state index contributed by atoms with van der Waals surface area (Å²) in [6.45, 7) is 0.130. The summed E-state index contributed by atoms with van der Waals surface area (Å²) in [5.41, 5.74) is 5.46. The molecule has 0 unspecified atom stereocenters. The first-order chi connectivity index (χ1) is 10.0. The zero-order chi connectivity index (χ0) is 15.3. The maximum absolute atomic E-state index is 12.6. The first kappa shape index (κ1) is 15.0. The van der Waals surface area contributed by atoms with Gasteiger partial charge in [-0.15, -0.1) is 0 Å². The molecule has 2 heterocycles. The molecule has 0 atom stereocenters. The second-order valence-electron chi connectivity index (χ2n) is 4.24. The Bertz CT molecular complexity index is 718. The van der Waals surface area contributed by atoms with Crippen LogP contribution in [0.2, 0.25) is 0 Å². The second-order valence-corrected chi connectivity index (χ2v) is 6.18. The Morgan fingerprint density at radius 3 is 2.76 bits per heavy atom. The van der Waals surface area contributed by atoms with Crippen LogP contribution in [0.5, 0.6) is 0 Å². The number of furan rings is 1. The molecule has 0 saturated carbocycles. The number of hydrogen-bond acceptors (Lipinski definition) is 6. The molecule has 7 nitrogen and oxygen atoms in total. The highest BCUT2D eigenvalue weighted by molar-refractivity contribution is 7.89. The smallest absolute Gasteiger partial charge is 0.245 e. The third-order valence-corrected chi connectivity index (χ3v) is 4.61. The van der Waals surface area contributed by atoms with Gasteiger partial charge in [-0.3, -0.25) is 0 Å². The van der Waals surface area contributed by atoms with Crippen LogP contribution in [0.15, 0.2) is 46.0 Å². The summed E-state index contributed by atoms with van der Waals surface area (Å²) in [5, 5.41) is 8.69. The summed E-state index contributed by atoms with van der Waals surface area (Å²) in [4.78, 5) is 3.82. The molecule has 8 heteroatoms. The highest BCUT2D eigenvalue weighted by Gasteiger charge is 2.25. The fourth-order valence-electron chi connectivity index (χ4n) is 1.73. The van der Waals surface area contributed by atoms with E-state index >= 15 is 0 Å². The normalized spacial score (nSPS) is 11.4. The van der Waals surface area contributed by atoms with E-state index in [0.717, 1.165) is 0 Å². The molecular weight excluding hydrogens is 292 g/mol. The van der Waals surface area contributed by atoms with Gasteiger partial charge in [0.05, 0.1) is 18.9 Å². The summed E-state index contributed by atoms with van der Waals surface area (Å²) in [5.74, 6) is 0.739. The lowest BCUT2D eigenvalue weighted by atomic mass is 10.4. The minimum Gasteiger partial charge on any atom is -0.468 e. The zero-order valence-corrected chi connectivity index (χ0v) is 12.0. The molecular formula is C13H14N4O3S. The predicted molar refractivity (Wildman–Crippen MR) is 75.2 cm³/mol. The van der Waals surface area contributed by atoms with Gasteiger partial charge < -0.3 is 10.2 Å². The number of pyridine rings is 1. The molecule has 2 rings (SSSR count). The lowest BCUT2D eigenvalue weighted by Gasteiger charge is -2.19. The summed E-state index contributed by atoms with van der Waals surface area (Å²) >= 11 is 0. The van der Waals surface area contributed by atoms with Gasteiger partial charge >= 0.3 is 0 Å². The van der Waals surface area contributed by atoms with Crippen LogP contribution in [0.3, 0.4) is 0 Å². The Hall–Kier alpha value is -2.37. The fraction of sp³-hybridized carbons (Fsp3) is 0.231. The number of anilines is 1. The molecule has 0 bridgehead atoms. The SMILES string of the molecule is N#CCCN(Cc1ccco1)S(=O)(=O)c1ccc(N)nc1. The van der Waals surface area contributed by atoms with E-state index in [0.29, 0.717) is 5.76 Å². The Balaban J connectivity index is 2.29. The van der Waals surface area contributed by atoms with Crippen LogP contribution >= 0.6 is 0 Å². The largest absolute Gasteiger partial charge is 0.468 e. The van der Waals surface area contributed by atoms with Crippen molar-refractivity contribution in [2.24, 2.45) is 0 Å². The van der Waals surface area contributed by atoms with Gasteiger partial charge in [-0.25, -0.2) is 13.4 Å². The molecule has 0 aromatic carbocycles. The average Bonchev–Trinajstić information content (AvgIpc) is 2.96. The van der Waals surface area contributed by atoms with Crippen molar-refractivity contribution in [1.29, 1.82) is 5.26 Å². The number of nitrogens with two attached hydrogens (primary N) is 1. The van der Waals surface area contributed by atoms with E-state index in [4.69, 9.17) is 15.4 Å². The van der Waals surface area contributed by atoms with Gasteiger partial charge in [0.1, 0.15) is 16.5 Å². The zero-order valence-electron chi connectivity index (χ0n) is 11.1. The quantitative estimate of drug-likeness (QED) is 0.862. The van der Waals surface area contributed by atoms with E-state index in [1.165, 1.54) is 28.9 Å². The maximum atomic E-state index is 12.6. The number of rotatable bonds is 6. The summed E-state index contributed by atoms with van der Waals surface area (Å²) in [6, 6.07) is 8.10. The number of nitrogens with zero attached hydrogens (tertiary/aromatic N) is 3. The van der Waals surface area contributed by atoms with Crippen LogP contribution in [0, 0.1) is 11.3 Å². The molecule has 0 saturated heterocycles. The number of hydrogen-bond donors (Lipinski definition) is 1. The fourth-order valence-corrected chi connectivity index (χ4v) is 3.08.